The Morgan fingerprint density at radius 3 is 2.81 bits per heavy atom. The molecule has 1 aliphatic carbocycles. The molecule has 2 unspecified atom stereocenters. The van der Waals surface area contributed by atoms with Crippen molar-refractivity contribution < 1.29 is 9.90 Å². The third kappa shape index (κ3) is 3.39. The first kappa shape index (κ1) is 13.8. The Hall–Kier alpha value is -0.220. The molecule has 0 spiro atoms. The summed E-state index contributed by atoms with van der Waals surface area (Å²) in [5.74, 6) is 0.461. The molecule has 16 heavy (non-hydrogen) atoms. The van der Waals surface area contributed by atoms with Crippen LogP contribution in [0.1, 0.15) is 46.5 Å². The molecule has 2 N–H and O–H groups in total. The van der Waals surface area contributed by atoms with Crippen molar-refractivity contribution in [3.63, 3.8) is 0 Å². The summed E-state index contributed by atoms with van der Waals surface area (Å²) in [5.41, 5.74) is -0.667. The third-order valence-corrected chi connectivity index (χ3v) is 4.52. The molecular weight excluding hydrogens is 222 g/mol. The zero-order chi connectivity index (χ0) is 12.2. The molecular formula is C12H23NO2S. The van der Waals surface area contributed by atoms with Gasteiger partial charge >= 0.3 is 5.97 Å². The number of carbonyl (C=O) groups is 1. The van der Waals surface area contributed by atoms with Gasteiger partial charge in [-0.25, -0.2) is 0 Å². The van der Waals surface area contributed by atoms with Crippen LogP contribution in [0.2, 0.25) is 0 Å². The molecule has 94 valence electrons. The summed E-state index contributed by atoms with van der Waals surface area (Å²) < 4.78 is 0. The van der Waals surface area contributed by atoms with Crippen molar-refractivity contribution in [1.82, 2.24) is 5.32 Å². The van der Waals surface area contributed by atoms with Gasteiger partial charge in [0.15, 0.2) is 0 Å². The van der Waals surface area contributed by atoms with Crippen molar-refractivity contribution in [2.45, 2.75) is 63.3 Å². The van der Waals surface area contributed by atoms with Gasteiger partial charge in [0.2, 0.25) is 0 Å². The molecule has 2 atom stereocenters. The molecule has 0 heterocycles. The number of thioether (sulfide) groups is 1. The van der Waals surface area contributed by atoms with Gasteiger partial charge in [0.05, 0.1) is 0 Å². The van der Waals surface area contributed by atoms with E-state index in [1.54, 1.807) is 0 Å². The molecule has 0 aromatic carbocycles. The number of hydrogen-bond donors (Lipinski definition) is 2. The number of hydrogen-bond acceptors (Lipinski definition) is 3. The quantitative estimate of drug-likeness (QED) is 0.755. The van der Waals surface area contributed by atoms with E-state index in [4.69, 9.17) is 0 Å². The van der Waals surface area contributed by atoms with Crippen LogP contribution in [0.4, 0.5) is 0 Å². The second-order valence-electron chi connectivity index (χ2n) is 4.92. The smallest absolute Gasteiger partial charge is 0.323 e. The number of nitrogens with one attached hydrogen (secondary N) is 1. The van der Waals surface area contributed by atoms with E-state index in [-0.39, 0.29) is 6.04 Å². The van der Waals surface area contributed by atoms with Crippen LogP contribution in [0.15, 0.2) is 0 Å². The summed E-state index contributed by atoms with van der Waals surface area (Å²) >= 11 is 1.93. The van der Waals surface area contributed by atoms with E-state index in [0.717, 1.165) is 25.0 Å². The molecule has 0 radical (unpaired) electrons. The Bertz CT molecular complexity index is 245. The van der Waals surface area contributed by atoms with Crippen LogP contribution in [-0.4, -0.2) is 33.7 Å². The topological polar surface area (TPSA) is 49.3 Å². The molecule has 0 aromatic heterocycles. The van der Waals surface area contributed by atoms with Crippen molar-refractivity contribution in [3.8, 4) is 0 Å². The molecule has 1 fully saturated rings. The van der Waals surface area contributed by atoms with Gasteiger partial charge in [0.25, 0.3) is 0 Å². The molecule has 0 aliphatic heterocycles. The highest BCUT2D eigenvalue weighted by atomic mass is 32.2. The SMILES string of the molecule is CCCSC1CCC(NC(C)C)(C(=O)O)C1. The molecule has 0 amide bonds. The molecule has 0 saturated heterocycles. The Morgan fingerprint density at radius 2 is 2.31 bits per heavy atom. The minimum Gasteiger partial charge on any atom is -0.480 e. The van der Waals surface area contributed by atoms with E-state index in [0.29, 0.717) is 5.25 Å². The normalized spacial score (nSPS) is 29.9. The van der Waals surface area contributed by atoms with Crippen LogP contribution in [0.3, 0.4) is 0 Å². The Labute approximate surface area is 102 Å². The van der Waals surface area contributed by atoms with Crippen LogP contribution in [0, 0.1) is 0 Å². The highest BCUT2D eigenvalue weighted by Crippen LogP contribution is 2.37. The monoisotopic (exact) mass is 245 g/mol. The van der Waals surface area contributed by atoms with Crippen LogP contribution in [-0.2, 0) is 4.79 Å². The highest BCUT2D eigenvalue weighted by molar-refractivity contribution is 7.99. The minimum atomic E-state index is -0.680. The molecule has 1 rings (SSSR count). The van der Waals surface area contributed by atoms with Crippen LogP contribution >= 0.6 is 11.8 Å². The fourth-order valence-electron chi connectivity index (χ4n) is 2.37. The Balaban J connectivity index is 2.58. The number of rotatable bonds is 6. The van der Waals surface area contributed by atoms with Crippen molar-refractivity contribution >= 4 is 17.7 Å². The van der Waals surface area contributed by atoms with Crippen LogP contribution < -0.4 is 5.32 Å². The Morgan fingerprint density at radius 1 is 1.62 bits per heavy atom. The summed E-state index contributed by atoms with van der Waals surface area (Å²) in [5, 5.41) is 13.1. The van der Waals surface area contributed by atoms with Crippen LogP contribution in [0.5, 0.6) is 0 Å². The maximum absolute atomic E-state index is 11.4. The summed E-state index contributed by atoms with van der Waals surface area (Å²) in [6.45, 7) is 6.19. The lowest BCUT2D eigenvalue weighted by Gasteiger charge is -2.28. The van der Waals surface area contributed by atoms with Gasteiger partial charge in [-0.1, -0.05) is 6.92 Å². The van der Waals surface area contributed by atoms with Gasteiger partial charge in [0.1, 0.15) is 5.54 Å². The van der Waals surface area contributed by atoms with Gasteiger partial charge in [-0.2, -0.15) is 11.8 Å². The van der Waals surface area contributed by atoms with Gasteiger partial charge in [-0.15, -0.1) is 0 Å². The molecule has 0 aromatic rings. The Kier molecular flexibility index (Phi) is 5.12. The van der Waals surface area contributed by atoms with Crippen LogP contribution in [0.25, 0.3) is 0 Å². The summed E-state index contributed by atoms with van der Waals surface area (Å²) in [4.78, 5) is 11.4. The second kappa shape index (κ2) is 5.92. The average Bonchev–Trinajstić information content (AvgIpc) is 2.59. The lowest BCUT2D eigenvalue weighted by Crippen LogP contribution is -2.53. The van der Waals surface area contributed by atoms with Crippen molar-refractivity contribution in [2.24, 2.45) is 0 Å². The zero-order valence-corrected chi connectivity index (χ0v) is 11.3. The largest absolute Gasteiger partial charge is 0.480 e. The number of carboxylic acid groups (broad SMARTS) is 1. The van der Waals surface area contributed by atoms with Crippen molar-refractivity contribution in [1.29, 1.82) is 0 Å². The average molecular weight is 245 g/mol. The zero-order valence-electron chi connectivity index (χ0n) is 10.5. The fraction of sp³-hybridized carbons (Fsp3) is 0.917. The van der Waals surface area contributed by atoms with E-state index in [1.807, 2.05) is 25.6 Å². The lowest BCUT2D eigenvalue weighted by molar-refractivity contribution is -0.145. The predicted octanol–water partition coefficient (Wildman–Crippen LogP) is 2.50. The van der Waals surface area contributed by atoms with E-state index < -0.39 is 11.5 Å². The van der Waals surface area contributed by atoms with E-state index in [2.05, 4.69) is 12.2 Å². The minimum absolute atomic E-state index is 0.228. The molecule has 1 aliphatic rings. The summed E-state index contributed by atoms with van der Waals surface area (Å²) in [7, 11) is 0. The van der Waals surface area contributed by atoms with Crippen molar-refractivity contribution in [3.05, 3.63) is 0 Å². The second-order valence-corrected chi connectivity index (χ2v) is 6.33. The summed E-state index contributed by atoms with van der Waals surface area (Å²) in [6.07, 6.45) is 3.72. The maximum atomic E-state index is 11.4. The van der Waals surface area contributed by atoms with E-state index in [9.17, 15) is 9.90 Å². The van der Waals surface area contributed by atoms with Gasteiger partial charge in [-0.05, 0) is 45.3 Å². The fourth-order valence-corrected chi connectivity index (χ4v) is 3.62. The molecule has 0 bridgehead atoms. The third-order valence-electron chi connectivity index (χ3n) is 3.00. The first-order valence-corrected chi connectivity index (χ1v) is 7.17. The molecule has 1 saturated carbocycles. The first-order chi connectivity index (χ1) is 7.50. The number of carboxylic acids is 1. The maximum Gasteiger partial charge on any atom is 0.323 e. The molecule has 4 heteroatoms. The van der Waals surface area contributed by atoms with Crippen molar-refractivity contribution in [2.75, 3.05) is 5.75 Å². The standard InChI is InChI=1S/C12H23NO2S/c1-4-7-16-10-5-6-12(8-10,11(14)15)13-9(2)3/h9-10,13H,4-8H2,1-3H3,(H,14,15). The summed E-state index contributed by atoms with van der Waals surface area (Å²) in [6, 6.07) is 0.228. The number of aliphatic carboxylic acids is 1. The predicted molar refractivity (Wildman–Crippen MR) is 69.0 cm³/mol. The van der Waals surface area contributed by atoms with E-state index in [1.165, 1.54) is 6.42 Å². The highest BCUT2D eigenvalue weighted by Gasteiger charge is 2.45. The lowest BCUT2D eigenvalue weighted by atomic mass is 9.97. The van der Waals surface area contributed by atoms with Gasteiger partial charge < -0.3 is 5.11 Å². The first-order valence-electron chi connectivity index (χ1n) is 6.13. The van der Waals surface area contributed by atoms with E-state index >= 15 is 0 Å². The van der Waals surface area contributed by atoms with Gasteiger partial charge in [0, 0.05) is 11.3 Å². The van der Waals surface area contributed by atoms with Gasteiger partial charge in [-0.3, -0.25) is 10.1 Å². The molecule has 3 nitrogen and oxygen atoms in total.